The molecule has 1 atom stereocenters. The van der Waals surface area contributed by atoms with Gasteiger partial charge in [-0.25, -0.2) is 0 Å². The van der Waals surface area contributed by atoms with Gasteiger partial charge >= 0.3 is 0 Å². The summed E-state index contributed by atoms with van der Waals surface area (Å²) < 4.78 is 11.6. The van der Waals surface area contributed by atoms with E-state index in [-0.39, 0.29) is 11.9 Å². The molecule has 0 aliphatic carbocycles. The minimum Gasteiger partial charge on any atom is -0.493 e. The fourth-order valence-corrected chi connectivity index (χ4v) is 3.09. The highest BCUT2D eigenvalue weighted by molar-refractivity contribution is 5.97. The summed E-state index contributed by atoms with van der Waals surface area (Å²) in [6, 6.07) is 13.4. The second kappa shape index (κ2) is 8.23. The monoisotopic (exact) mass is 354 g/mol. The number of carbonyl (C=O) groups is 1. The zero-order valence-electron chi connectivity index (χ0n) is 15.6. The lowest BCUT2D eigenvalue weighted by Crippen LogP contribution is -2.32. The molecule has 5 heteroatoms. The molecule has 1 aliphatic heterocycles. The van der Waals surface area contributed by atoms with Crippen molar-refractivity contribution in [2.75, 3.05) is 33.9 Å². The van der Waals surface area contributed by atoms with Crippen LogP contribution in [-0.2, 0) is 0 Å². The first-order valence-corrected chi connectivity index (χ1v) is 8.96. The van der Waals surface area contributed by atoms with Crippen LogP contribution in [0.2, 0.25) is 0 Å². The second-order valence-corrected chi connectivity index (χ2v) is 6.80. The molecule has 138 valence electrons. The van der Waals surface area contributed by atoms with Crippen molar-refractivity contribution in [1.29, 1.82) is 0 Å². The van der Waals surface area contributed by atoms with Crippen LogP contribution >= 0.6 is 0 Å². The summed E-state index contributed by atoms with van der Waals surface area (Å²) >= 11 is 0. The van der Waals surface area contributed by atoms with Crippen LogP contribution in [-0.4, -0.2) is 44.7 Å². The lowest BCUT2D eigenvalue weighted by Gasteiger charge is -2.28. The number of fused-ring (bicyclic) bond motifs is 1. The fraction of sp³-hybridized carbons (Fsp3) is 0.381. The topological polar surface area (TPSA) is 50.8 Å². The maximum absolute atomic E-state index is 12.9. The summed E-state index contributed by atoms with van der Waals surface area (Å²) in [5.41, 5.74) is 2.69. The Bertz CT molecular complexity index is 774. The number of nitrogens with one attached hydrogen (secondary N) is 1. The quantitative estimate of drug-likeness (QED) is 0.866. The molecule has 1 heterocycles. The fourth-order valence-electron chi connectivity index (χ4n) is 3.09. The lowest BCUT2D eigenvalue weighted by atomic mass is 9.97. The van der Waals surface area contributed by atoms with Crippen LogP contribution in [0.3, 0.4) is 0 Å². The Kier molecular flexibility index (Phi) is 5.78. The smallest absolute Gasteiger partial charge is 0.255 e. The van der Waals surface area contributed by atoms with E-state index in [0.717, 1.165) is 29.8 Å². The summed E-state index contributed by atoms with van der Waals surface area (Å²) in [5.74, 6) is 1.38. The molecule has 0 saturated carbocycles. The van der Waals surface area contributed by atoms with Crippen molar-refractivity contribution >= 4 is 5.91 Å². The van der Waals surface area contributed by atoms with Crippen LogP contribution < -0.4 is 14.8 Å². The Morgan fingerprint density at radius 3 is 2.85 bits per heavy atom. The first kappa shape index (κ1) is 18.3. The van der Waals surface area contributed by atoms with Crippen LogP contribution in [0.1, 0.15) is 33.9 Å². The summed E-state index contributed by atoms with van der Waals surface area (Å²) in [7, 11) is 3.99. The average Bonchev–Trinajstić information content (AvgIpc) is 2.63. The molecule has 3 rings (SSSR count). The molecule has 5 nitrogen and oxygen atoms in total. The minimum absolute atomic E-state index is 0.0546. The number of para-hydroxylation sites is 2. The summed E-state index contributed by atoms with van der Waals surface area (Å²) in [4.78, 5) is 14.9. The highest BCUT2D eigenvalue weighted by atomic mass is 16.5. The first-order valence-electron chi connectivity index (χ1n) is 8.96. The van der Waals surface area contributed by atoms with E-state index in [4.69, 9.17) is 9.47 Å². The Balaban J connectivity index is 1.75. The van der Waals surface area contributed by atoms with Gasteiger partial charge in [0.05, 0.1) is 18.2 Å². The third-order valence-corrected chi connectivity index (χ3v) is 4.50. The maximum Gasteiger partial charge on any atom is 0.255 e. The number of ether oxygens (including phenoxy) is 2. The molecule has 2 aromatic carbocycles. The number of nitrogens with zero attached hydrogens (tertiary/aromatic N) is 1. The van der Waals surface area contributed by atoms with Gasteiger partial charge in [0.15, 0.2) is 0 Å². The largest absolute Gasteiger partial charge is 0.493 e. The third-order valence-electron chi connectivity index (χ3n) is 4.50. The predicted molar refractivity (Wildman–Crippen MR) is 102 cm³/mol. The number of carbonyl (C=O) groups excluding carboxylic acids is 1. The number of rotatable bonds is 6. The number of hydrogen-bond acceptors (Lipinski definition) is 4. The summed E-state index contributed by atoms with van der Waals surface area (Å²) in [6.45, 7) is 3.96. The molecule has 2 aromatic rings. The summed E-state index contributed by atoms with van der Waals surface area (Å²) in [5, 5.41) is 3.15. The van der Waals surface area contributed by atoms with Gasteiger partial charge in [-0.2, -0.15) is 0 Å². The highest BCUT2D eigenvalue weighted by Gasteiger charge is 2.25. The number of amides is 1. The molecule has 1 N–H and O–H groups in total. The summed E-state index contributed by atoms with van der Waals surface area (Å²) in [6.07, 6.45) is 0.756. The number of hydrogen-bond donors (Lipinski definition) is 1. The van der Waals surface area contributed by atoms with Gasteiger partial charge in [0, 0.05) is 18.5 Å². The number of benzene rings is 2. The van der Waals surface area contributed by atoms with E-state index in [2.05, 4.69) is 5.32 Å². The molecule has 0 spiro atoms. The van der Waals surface area contributed by atoms with Crippen LogP contribution in [0.5, 0.6) is 11.5 Å². The van der Waals surface area contributed by atoms with Gasteiger partial charge in [0.1, 0.15) is 18.1 Å². The molecule has 0 unspecified atom stereocenters. The van der Waals surface area contributed by atoms with Gasteiger partial charge in [0.2, 0.25) is 0 Å². The molecule has 0 saturated heterocycles. The number of aryl methyl sites for hydroxylation is 1. The van der Waals surface area contributed by atoms with Gasteiger partial charge in [-0.1, -0.05) is 30.3 Å². The molecular weight excluding hydrogens is 328 g/mol. The Morgan fingerprint density at radius 1 is 1.23 bits per heavy atom. The van der Waals surface area contributed by atoms with Crippen LogP contribution in [0.25, 0.3) is 0 Å². The van der Waals surface area contributed by atoms with Gasteiger partial charge in [-0.15, -0.1) is 0 Å². The average molecular weight is 354 g/mol. The van der Waals surface area contributed by atoms with Crippen molar-refractivity contribution in [1.82, 2.24) is 10.2 Å². The van der Waals surface area contributed by atoms with Gasteiger partial charge in [-0.05, 0) is 38.7 Å². The molecule has 0 bridgehead atoms. The van der Waals surface area contributed by atoms with Gasteiger partial charge < -0.3 is 19.7 Å². The van der Waals surface area contributed by atoms with Gasteiger partial charge in [0.25, 0.3) is 5.91 Å². The Hall–Kier alpha value is -2.53. The maximum atomic E-state index is 12.9. The van der Waals surface area contributed by atoms with E-state index in [1.807, 2.05) is 62.3 Å². The third kappa shape index (κ3) is 4.17. The Labute approximate surface area is 154 Å². The van der Waals surface area contributed by atoms with Crippen LogP contribution in [0, 0.1) is 6.92 Å². The zero-order valence-corrected chi connectivity index (χ0v) is 15.6. The molecule has 0 aromatic heterocycles. The molecule has 0 fully saturated rings. The van der Waals surface area contributed by atoms with Crippen molar-refractivity contribution in [2.45, 2.75) is 19.4 Å². The van der Waals surface area contributed by atoms with Crippen molar-refractivity contribution in [3.63, 3.8) is 0 Å². The van der Waals surface area contributed by atoms with Gasteiger partial charge in [-0.3, -0.25) is 4.79 Å². The van der Waals surface area contributed by atoms with E-state index >= 15 is 0 Å². The minimum atomic E-state index is -0.121. The van der Waals surface area contributed by atoms with Crippen molar-refractivity contribution in [3.05, 3.63) is 59.2 Å². The van der Waals surface area contributed by atoms with Crippen LogP contribution in [0.4, 0.5) is 0 Å². The molecule has 26 heavy (non-hydrogen) atoms. The zero-order chi connectivity index (χ0) is 18.5. The van der Waals surface area contributed by atoms with E-state index in [1.54, 1.807) is 6.07 Å². The highest BCUT2D eigenvalue weighted by Crippen LogP contribution is 2.34. The van der Waals surface area contributed by atoms with E-state index in [9.17, 15) is 4.79 Å². The number of likely N-dealkylation sites (N-methyl/N-ethyl adjacent to an activating group) is 1. The van der Waals surface area contributed by atoms with E-state index in [0.29, 0.717) is 24.5 Å². The molecule has 1 amide bonds. The van der Waals surface area contributed by atoms with Crippen molar-refractivity contribution in [3.8, 4) is 11.5 Å². The standard InChI is InChI=1S/C21H26N2O3/c1-15-7-6-9-16-18(11-13-26-20(15)16)22-21(24)17-8-4-5-10-19(17)25-14-12-23(2)3/h4-10,18H,11-14H2,1-3H3,(H,22,24)/t18-/m1/s1. The normalized spacial score (nSPS) is 15.9. The Morgan fingerprint density at radius 2 is 2.04 bits per heavy atom. The predicted octanol–water partition coefficient (Wildman–Crippen LogP) is 3.19. The SMILES string of the molecule is Cc1cccc2c1OCC[C@H]2NC(=O)c1ccccc1OCCN(C)C. The lowest BCUT2D eigenvalue weighted by molar-refractivity contribution is 0.0920. The van der Waals surface area contributed by atoms with Crippen LogP contribution in [0.15, 0.2) is 42.5 Å². The molecule has 0 radical (unpaired) electrons. The molecular formula is C21H26N2O3. The van der Waals surface area contributed by atoms with E-state index < -0.39 is 0 Å². The van der Waals surface area contributed by atoms with Crippen molar-refractivity contribution in [2.24, 2.45) is 0 Å². The first-order chi connectivity index (χ1) is 12.6. The van der Waals surface area contributed by atoms with E-state index in [1.165, 1.54) is 0 Å². The molecule has 1 aliphatic rings. The van der Waals surface area contributed by atoms with Crippen molar-refractivity contribution < 1.29 is 14.3 Å². The second-order valence-electron chi connectivity index (χ2n) is 6.80.